The number of nitrogens with zero attached hydrogens (tertiary/aromatic N) is 3. The fraction of sp³-hybridized carbons (Fsp3) is 0.438. The second-order valence-corrected chi connectivity index (χ2v) is 6.71. The summed E-state index contributed by atoms with van der Waals surface area (Å²) < 4.78 is 4.43. The predicted octanol–water partition coefficient (Wildman–Crippen LogP) is 2.82. The lowest BCUT2D eigenvalue weighted by Gasteiger charge is -2.22. The summed E-state index contributed by atoms with van der Waals surface area (Å²) >= 11 is 7.23. The van der Waals surface area contributed by atoms with Gasteiger partial charge in [-0.2, -0.15) is 4.37 Å². The van der Waals surface area contributed by atoms with Gasteiger partial charge in [0.15, 0.2) is 0 Å². The van der Waals surface area contributed by atoms with Crippen LogP contribution in [0.1, 0.15) is 31.2 Å². The Balaban J connectivity index is 1.67. The second kappa shape index (κ2) is 7.92. The molecular formula is C16H19ClN4O2S. The van der Waals surface area contributed by atoms with Gasteiger partial charge in [-0.05, 0) is 37.5 Å². The average molecular weight is 367 g/mol. The molecule has 2 aromatic rings. The molecule has 6 nitrogen and oxygen atoms in total. The summed E-state index contributed by atoms with van der Waals surface area (Å²) in [7, 11) is 0. The quantitative estimate of drug-likeness (QED) is 0.796. The molecule has 1 aromatic heterocycles. The molecule has 0 bridgehead atoms. The van der Waals surface area contributed by atoms with Gasteiger partial charge in [-0.25, -0.2) is 10.5 Å². The standard InChI is InChI=1S/C16H19ClN4O2S/c1-2-23-19-15(22)13-4-3-9-21(13)16-18-14(20-24-16)10-11-5-7-12(17)8-6-11/h5-8,13H,2-4,9-10H2,1H3,(H,19,22). The van der Waals surface area contributed by atoms with E-state index < -0.39 is 0 Å². The van der Waals surface area contributed by atoms with Gasteiger partial charge < -0.3 is 4.90 Å². The summed E-state index contributed by atoms with van der Waals surface area (Å²) in [6, 6.07) is 7.42. The average Bonchev–Trinajstić information content (AvgIpc) is 3.23. The van der Waals surface area contributed by atoms with Crippen LogP contribution in [-0.2, 0) is 16.1 Å². The highest BCUT2D eigenvalue weighted by Gasteiger charge is 2.33. The van der Waals surface area contributed by atoms with Crippen LogP contribution in [0.3, 0.4) is 0 Å². The molecule has 1 saturated heterocycles. The number of hydrogen-bond donors (Lipinski definition) is 1. The van der Waals surface area contributed by atoms with Gasteiger partial charge in [-0.1, -0.05) is 23.7 Å². The van der Waals surface area contributed by atoms with E-state index in [1.807, 2.05) is 36.1 Å². The zero-order valence-corrected chi connectivity index (χ0v) is 14.9. The Morgan fingerprint density at radius 1 is 1.46 bits per heavy atom. The molecule has 1 aliphatic heterocycles. The first kappa shape index (κ1) is 17.1. The molecule has 1 atom stereocenters. The highest BCUT2D eigenvalue weighted by Crippen LogP contribution is 2.27. The SMILES string of the molecule is CCONC(=O)C1CCCN1c1nc(Cc2ccc(Cl)cc2)ns1. The maximum atomic E-state index is 12.2. The number of hydrogen-bond acceptors (Lipinski definition) is 6. The van der Waals surface area contributed by atoms with Crippen molar-refractivity contribution >= 4 is 34.2 Å². The van der Waals surface area contributed by atoms with E-state index >= 15 is 0 Å². The Hall–Kier alpha value is -1.70. The van der Waals surface area contributed by atoms with Crippen molar-refractivity contribution in [2.45, 2.75) is 32.2 Å². The Labute approximate surface area is 149 Å². The minimum atomic E-state index is -0.243. The monoisotopic (exact) mass is 366 g/mol. The Morgan fingerprint density at radius 3 is 3.00 bits per heavy atom. The normalized spacial score (nSPS) is 17.2. The lowest BCUT2D eigenvalue weighted by atomic mass is 10.1. The van der Waals surface area contributed by atoms with Crippen LogP contribution in [0.2, 0.25) is 5.02 Å². The van der Waals surface area contributed by atoms with E-state index in [0.717, 1.165) is 35.9 Å². The van der Waals surface area contributed by atoms with Crippen molar-refractivity contribution in [2.75, 3.05) is 18.1 Å². The van der Waals surface area contributed by atoms with Gasteiger partial charge in [0.2, 0.25) is 5.13 Å². The van der Waals surface area contributed by atoms with Crippen LogP contribution in [0.15, 0.2) is 24.3 Å². The molecule has 0 spiro atoms. The molecule has 0 aliphatic carbocycles. The number of halogens is 1. The predicted molar refractivity (Wildman–Crippen MR) is 94.3 cm³/mol. The van der Waals surface area contributed by atoms with Crippen LogP contribution in [0.5, 0.6) is 0 Å². The van der Waals surface area contributed by atoms with Gasteiger partial charge in [0.05, 0.1) is 6.61 Å². The number of aromatic nitrogens is 2. The highest BCUT2D eigenvalue weighted by molar-refractivity contribution is 7.09. The third kappa shape index (κ3) is 4.03. The summed E-state index contributed by atoms with van der Waals surface area (Å²) in [5.74, 6) is 0.636. The van der Waals surface area contributed by atoms with E-state index in [9.17, 15) is 4.79 Å². The van der Waals surface area contributed by atoms with Crippen LogP contribution < -0.4 is 10.4 Å². The van der Waals surface area contributed by atoms with Crippen molar-refractivity contribution in [1.82, 2.24) is 14.8 Å². The van der Waals surface area contributed by atoms with E-state index in [0.29, 0.717) is 18.1 Å². The third-order valence-electron chi connectivity index (χ3n) is 3.85. The Morgan fingerprint density at radius 2 is 2.25 bits per heavy atom. The topological polar surface area (TPSA) is 67.3 Å². The van der Waals surface area contributed by atoms with Crippen LogP contribution in [0.4, 0.5) is 5.13 Å². The summed E-state index contributed by atoms with van der Waals surface area (Å²) in [5.41, 5.74) is 3.60. The maximum Gasteiger partial charge on any atom is 0.266 e. The van der Waals surface area contributed by atoms with Crippen molar-refractivity contribution in [3.05, 3.63) is 40.7 Å². The lowest BCUT2D eigenvalue weighted by molar-refractivity contribution is -0.134. The smallest absolute Gasteiger partial charge is 0.266 e. The molecule has 1 aromatic carbocycles. The van der Waals surface area contributed by atoms with Gasteiger partial charge in [-0.3, -0.25) is 9.63 Å². The molecule has 8 heteroatoms. The molecule has 1 amide bonds. The van der Waals surface area contributed by atoms with Crippen molar-refractivity contribution in [2.24, 2.45) is 0 Å². The molecule has 1 unspecified atom stereocenters. The molecule has 1 aliphatic rings. The second-order valence-electron chi connectivity index (χ2n) is 5.55. The fourth-order valence-electron chi connectivity index (χ4n) is 2.70. The number of benzene rings is 1. The first-order valence-corrected chi connectivity index (χ1v) is 9.08. The van der Waals surface area contributed by atoms with E-state index in [1.54, 1.807) is 0 Å². The zero-order valence-electron chi connectivity index (χ0n) is 13.4. The van der Waals surface area contributed by atoms with Gasteiger partial charge in [0.1, 0.15) is 11.9 Å². The van der Waals surface area contributed by atoms with Crippen LogP contribution >= 0.6 is 23.1 Å². The number of anilines is 1. The van der Waals surface area contributed by atoms with E-state index in [4.69, 9.17) is 16.4 Å². The first-order chi connectivity index (χ1) is 11.7. The molecular weight excluding hydrogens is 348 g/mol. The van der Waals surface area contributed by atoms with Crippen LogP contribution in [-0.4, -0.2) is 34.5 Å². The van der Waals surface area contributed by atoms with Crippen molar-refractivity contribution < 1.29 is 9.63 Å². The number of carbonyl (C=O) groups excluding carboxylic acids is 1. The van der Waals surface area contributed by atoms with Crippen LogP contribution in [0.25, 0.3) is 0 Å². The van der Waals surface area contributed by atoms with Gasteiger partial charge in [-0.15, -0.1) is 0 Å². The number of nitrogens with one attached hydrogen (secondary N) is 1. The van der Waals surface area contributed by atoms with E-state index in [2.05, 4.69) is 14.8 Å². The summed E-state index contributed by atoms with van der Waals surface area (Å²) in [4.78, 5) is 23.8. The van der Waals surface area contributed by atoms with E-state index in [-0.39, 0.29) is 11.9 Å². The summed E-state index contributed by atoms with van der Waals surface area (Å²) in [6.45, 7) is 3.09. The number of rotatable bonds is 6. The van der Waals surface area contributed by atoms with Crippen molar-refractivity contribution in [1.29, 1.82) is 0 Å². The van der Waals surface area contributed by atoms with Gasteiger partial charge in [0.25, 0.3) is 5.91 Å². The molecule has 128 valence electrons. The minimum Gasteiger partial charge on any atom is -0.335 e. The first-order valence-electron chi connectivity index (χ1n) is 7.92. The van der Waals surface area contributed by atoms with Gasteiger partial charge in [0, 0.05) is 29.5 Å². The van der Waals surface area contributed by atoms with E-state index in [1.165, 1.54) is 11.5 Å². The molecule has 1 N–H and O–H groups in total. The summed E-state index contributed by atoms with van der Waals surface area (Å²) in [5, 5.41) is 1.50. The number of amides is 1. The summed E-state index contributed by atoms with van der Waals surface area (Å²) in [6.07, 6.45) is 2.40. The van der Waals surface area contributed by atoms with Crippen molar-refractivity contribution in [3.8, 4) is 0 Å². The Bertz CT molecular complexity index is 692. The third-order valence-corrected chi connectivity index (χ3v) is 4.89. The van der Waals surface area contributed by atoms with Crippen molar-refractivity contribution in [3.63, 3.8) is 0 Å². The Kier molecular flexibility index (Phi) is 5.65. The van der Waals surface area contributed by atoms with Crippen LogP contribution in [0, 0.1) is 0 Å². The number of carbonyl (C=O) groups is 1. The molecule has 0 saturated carbocycles. The van der Waals surface area contributed by atoms with Gasteiger partial charge >= 0.3 is 0 Å². The zero-order chi connectivity index (χ0) is 16.9. The molecule has 1 fully saturated rings. The maximum absolute atomic E-state index is 12.2. The number of hydroxylamine groups is 1. The minimum absolute atomic E-state index is 0.121. The molecule has 0 radical (unpaired) electrons. The highest BCUT2D eigenvalue weighted by atomic mass is 35.5. The lowest BCUT2D eigenvalue weighted by Crippen LogP contribution is -2.43. The molecule has 2 heterocycles. The fourth-order valence-corrected chi connectivity index (χ4v) is 3.59. The molecule has 3 rings (SSSR count). The largest absolute Gasteiger partial charge is 0.335 e. The molecule has 24 heavy (non-hydrogen) atoms.